The van der Waals surface area contributed by atoms with Crippen molar-refractivity contribution < 1.29 is 14.3 Å². The third-order valence-corrected chi connectivity index (χ3v) is 2.24. The molecule has 0 saturated heterocycles. The summed E-state index contributed by atoms with van der Waals surface area (Å²) in [7, 11) is 0. The zero-order valence-electron chi connectivity index (χ0n) is 7.89. The van der Waals surface area contributed by atoms with Gasteiger partial charge in [0.15, 0.2) is 0 Å². The Kier molecular flexibility index (Phi) is 6.43. The van der Waals surface area contributed by atoms with Crippen LogP contribution in [0.25, 0.3) is 0 Å². The van der Waals surface area contributed by atoms with Crippen LogP contribution in [0.2, 0.25) is 0 Å². The lowest BCUT2D eigenvalue weighted by atomic mass is 10.2. The topological polar surface area (TPSA) is 38.7 Å². The van der Waals surface area contributed by atoms with Crippen LogP contribution in [0.5, 0.6) is 0 Å². The maximum absolute atomic E-state index is 8.02. The first-order valence-corrected chi connectivity index (χ1v) is 5.39. The lowest BCUT2D eigenvalue weighted by molar-refractivity contribution is -0.116. The van der Waals surface area contributed by atoms with E-state index < -0.39 is 0 Å². The van der Waals surface area contributed by atoms with Gasteiger partial charge in [-0.2, -0.15) is 4.33 Å². The second-order valence-electron chi connectivity index (χ2n) is 2.79. The van der Waals surface area contributed by atoms with Gasteiger partial charge in [-0.3, -0.25) is 0 Å². The second-order valence-corrected chi connectivity index (χ2v) is 3.58. The van der Waals surface area contributed by atoms with E-state index in [4.69, 9.17) is 9.99 Å². The maximum Gasteiger partial charge on any atom is 0.0716 e. The van der Waals surface area contributed by atoms with Gasteiger partial charge in [-0.25, -0.2) is 5.26 Å². The van der Waals surface area contributed by atoms with Gasteiger partial charge in [-0.15, -0.1) is 0 Å². The molecule has 1 aromatic rings. The zero-order chi connectivity index (χ0) is 10.1. The Bertz CT molecular complexity index is 228. The van der Waals surface area contributed by atoms with Crippen molar-refractivity contribution in [1.82, 2.24) is 0 Å². The molecular weight excluding hydrogens is 200 g/mol. The van der Waals surface area contributed by atoms with Gasteiger partial charge in [0, 0.05) is 24.4 Å². The van der Waals surface area contributed by atoms with Crippen molar-refractivity contribution in [2.75, 3.05) is 12.4 Å². The first-order valence-electron chi connectivity index (χ1n) is 4.48. The zero-order valence-corrected chi connectivity index (χ0v) is 8.70. The standard InChI is InChI=1S/C10H14O3S/c11-13-14-8-4-7-12-9-10-5-2-1-3-6-10/h1-3,5-6,11H,4,7-9H2. The van der Waals surface area contributed by atoms with E-state index in [2.05, 4.69) is 4.33 Å². The third kappa shape index (κ3) is 5.24. The summed E-state index contributed by atoms with van der Waals surface area (Å²) < 4.78 is 9.28. The van der Waals surface area contributed by atoms with E-state index in [0.717, 1.165) is 24.2 Å². The summed E-state index contributed by atoms with van der Waals surface area (Å²) in [6.07, 6.45) is 0.873. The molecule has 0 radical (unpaired) electrons. The van der Waals surface area contributed by atoms with E-state index in [1.165, 1.54) is 5.56 Å². The van der Waals surface area contributed by atoms with Crippen molar-refractivity contribution in [1.29, 1.82) is 0 Å². The Morgan fingerprint density at radius 2 is 2.00 bits per heavy atom. The highest BCUT2D eigenvalue weighted by molar-refractivity contribution is 7.94. The molecule has 0 bridgehead atoms. The molecule has 0 aliphatic carbocycles. The predicted octanol–water partition coefficient (Wildman–Crippen LogP) is 2.73. The van der Waals surface area contributed by atoms with E-state index in [1.807, 2.05) is 30.3 Å². The summed E-state index contributed by atoms with van der Waals surface area (Å²) in [5.74, 6) is 0.741. The summed E-state index contributed by atoms with van der Waals surface area (Å²) >= 11 is 1.03. The SMILES string of the molecule is OOSCCCOCc1ccccc1. The number of benzene rings is 1. The molecule has 0 amide bonds. The van der Waals surface area contributed by atoms with Gasteiger partial charge in [0.1, 0.15) is 0 Å². The summed E-state index contributed by atoms with van der Waals surface area (Å²) in [6.45, 7) is 1.33. The Morgan fingerprint density at radius 3 is 2.71 bits per heavy atom. The van der Waals surface area contributed by atoms with Crippen LogP contribution in [0.15, 0.2) is 30.3 Å². The summed E-state index contributed by atoms with van der Waals surface area (Å²) in [5, 5.41) is 8.02. The van der Waals surface area contributed by atoms with E-state index >= 15 is 0 Å². The quantitative estimate of drug-likeness (QED) is 0.328. The van der Waals surface area contributed by atoms with Gasteiger partial charge in [0.2, 0.25) is 0 Å². The number of ether oxygens (including phenoxy) is 1. The van der Waals surface area contributed by atoms with Crippen LogP contribution in [0.1, 0.15) is 12.0 Å². The van der Waals surface area contributed by atoms with Crippen molar-refractivity contribution in [3.8, 4) is 0 Å². The molecule has 0 fully saturated rings. The highest BCUT2D eigenvalue weighted by Crippen LogP contribution is 2.04. The lowest BCUT2D eigenvalue weighted by Gasteiger charge is -2.02. The molecule has 78 valence electrons. The fraction of sp³-hybridized carbons (Fsp3) is 0.400. The molecule has 0 aliphatic rings. The maximum atomic E-state index is 8.02. The van der Waals surface area contributed by atoms with Crippen LogP contribution >= 0.6 is 12.0 Å². The van der Waals surface area contributed by atoms with Gasteiger partial charge < -0.3 is 4.74 Å². The van der Waals surface area contributed by atoms with Crippen LogP contribution in [0.3, 0.4) is 0 Å². The van der Waals surface area contributed by atoms with Gasteiger partial charge in [-0.05, 0) is 12.0 Å². The molecule has 0 spiro atoms. The van der Waals surface area contributed by atoms with Crippen molar-refractivity contribution in [3.05, 3.63) is 35.9 Å². The average Bonchev–Trinajstić information content (AvgIpc) is 2.25. The molecule has 1 N–H and O–H groups in total. The summed E-state index contributed by atoms with van der Waals surface area (Å²) in [4.78, 5) is 0. The van der Waals surface area contributed by atoms with Gasteiger partial charge >= 0.3 is 0 Å². The highest BCUT2D eigenvalue weighted by atomic mass is 32.2. The number of rotatable bonds is 7. The third-order valence-electron chi connectivity index (χ3n) is 1.68. The molecule has 4 heteroatoms. The normalized spacial score (nSPS) is 10.4. The van der Waals surface area contributed by atoms with Gasteiger partial charge in [0.25, 0.3) is 0 Å². The van der Waals surface area contributed by atoms with Crippen LogP contribution in [0.4, 0.5) is 0 Å². The fourth-order valence-corrected chi connectivity index (χ4v) is 1.33. The van der Waals surface area contributed by atoms with E-state index in [9.17, 15) is 0 Å². The second kappa shape index (κ2) is 7.82. The fourth-order valence-electron chi connectivity index (χ4n) is 1.02. The molecule has 14 heavy (non-hydrogen) atoms. The molecule has 0 atom stereocenters. The molecule has 0 aromatic heterocycles. The van der Waals surface area contributed by atoms with Gasteiger partial charge in [0.05, 0.1) is 6.61 Å². The number of hydrogen-bond acceptors (Lipinski definition) is 4. The van der Waals surface area contributed by atoms with Crippen molar-refractivity contribution in [3.63, 3.8) is 0 Å². The van der Waals surface area contributed by atoms with Crippen LogP contribution < -0.4 is 0 Å². The first kappa shape index (κ1) is 11.5. The Morgan fingerprint density at radius 1 is 1.21 bits per heavy atom. The Balaban J connectivity index is 1.99. The minimum Gasteiger partial charge on any atom is -0.377 e. The lowest BCUT2D eigenvalue weighted by Crippen LogP contribution is -1.96. The monoisotopic (exact) mass is 214 g/mol. The van der Waals surface area contributed by atoms with Crippen LogP contribution in [-0.2, 0) is 15.7 Å². The smallest absolute Gasteiger partial charge is 0.0716 e. The van der Waals surface area contributed by atoms with Crippen LogP contribution in [-0.4, -0.2) is 17.6 Å². The molecule has 1 aromatic carbocycles. The summed E-state index contributed by atoms with van der Waals surface area (Å²) in [6, 6.07) is 10.0. The minimum atomic E-state index is 0.644. The largest absolute Gasteiger partial charge is 0.377 e. The van der Waals surface area contributed by atoms with Crippen molar-refractivity contribution in [2.45, 2.75) is 13.0 Å². The average molecular weight is 214 g/mol. The predicted molar refractivity (Wildman–Crippen MR) is 56.9 cm³/mol. The molecule has 0 aliphatic heterocycles. The van der Waals surface area contributed by atoms with Crippen molar-refractivity contribution >= 4 is 12.0 Å². The molecule has 0 heterocycles. The summed E-state index contributed by atoms with van der Waals surface area (Å²) in [5.41, 5.74) is 1.18. The van der Waals surface area contributed by atoms with Gasteiger partial charge in [-0.1, -0.05) is 30.3 Å². The van der Waals surface area contributed by atoms with E-state index in [0.29, 0.717) is 13.2 Å². The van der Waals surface area contributed by atoms with E-state index in [-0.39, 0.29) is 0 Å². The molecule has 0 saturated carbocycles. The Hall–Kier alpha value is -0.550. The molecule has 1 rings (SSSR count). The first-order chi connectivity index (χ1) is 6.93. The Labute approximate surface area is 88.2 Å². The van der Waals surface area contributed by atoms with Crippen molar-refractivity contribution in [2.24, 2.45) is 0 Å². The van der Waals surface area contributed by atoms with Crippen LogP contribution in [0, 0.1) is 0 Å². The minimum absolute atomic E-state index is 0.644. The van der Waals surface area contributed by atoms with E-state index in [1.54, 1.807) is 0 Å². The molecule has 3 nitrogen and oxygen atoms in total. The number of hydrogen-bond donors (Lipinski definition) is 1. The molecule has 0 unspecified atom stereocenters. The molecular formula is C10H14O3S. The highest BCUT2D eigenvalue weighted by Gasteiger charge is 1.92.